The second kappa shape index (κ2) is 8.95. The quantitative estimate of drug-likeness (QED) is 0.558. The molecule has 0 aromatic heterocycles. The third-order valence-corrected chi connectivity index (χ3v) is 5.94. The predicted octanol–water partition coefficient (Wildman–Crippen LogP) is 4.29. The van der Waals surface area contributed by atoms with Gasteiger partial charge in [0.1, 0.15) is 6.10 Å². The molecule has 3 rings (SSSR count). The molecule has 1 aromatic carbocycles. The Labute approximate surface area is 175 Å². The summed E-state index contributed by atoms with van der Waals surface area (Å²) in [5.74, 6) is -0.482. The van der Waals surface area contributed by atoms with Gasteiger partial charge in [-0.15, -0.1) is 0 Å². The lowest BCUT2D eigenvalue weighted by Crippen LogP contribution is -2.46. The van der Waals surface area contributed by atoms with Crippen molar-refractivity contribution in [3.05, 3.63) is 34.0 Å². The van der Waals surface area contributed by atoms with Gasteiger partial charge < -0.3 is 24.8 Å². The fourth-order valence-electron chi connectivity index (χ4n) is 3.84. The van der Waals surface area contributed by atoms with Crippen molar-refractivity contribution in [2.75, 3.05) is 14.2 Å². The number of aromatic hydroxyl groups is 1. The molecule has 1 aliphatic carbocycles. The Balaban J connectivity index is 1.97. The number of phenolic OH excluding ortho intramolecular Hbond substituents is 1. The van der Waals surface area contributed by atoms with E-state index in [9.17, 15) is 14.7 Å². The molecule has 1 atom stereocenters. The summed E-state index contributed by atoms with van der Waals surface area (Å²) in [6.45, 7) is 1.72. The largest absolute Gasteiger partial charge is 0.503 e. The van der Waals surface area contributed by atoms with Gasteiger partial charge in [0.05, 0.1) is 23.7 Å². The summed E-state index contributed by atoms with van der Waals surface area (Å²) in [5.41, 5.74) is 1.39. The van der Waals surface area contributed by atoms with Gasteiger partial charge in [-0.25, -0.2) is 9.59 Å². The number of urea groups is 1. The summed E-state index contributed by atoms with van der Waals surface area (Å²) in [4.78, 5) is 27.0. The maximum atomic E-state index is 13.2. The van der Waals surface area contributed by atoms with Crippen molar-refractivity contribution in [2.45, 2.75) is 57.6 Å². The number of nitrogens with one attached hydrogen (secondary N) is 1. The molecule has 1 unspecified atom stereocenters. The molecule has 29 heavy (non-hydrogen) atoms. The van der Waals surface area contributed by atoms with Crippen LogP contribution in [0.15, 0.2) is 23.4 Å². The minimum Gasteiger partial charge on any atom is -0.503 e. The van der Waals surface area contributed by atoms with Gasteiger partial charge in [0.15, 0.2) is 11.5 Å². The number of allylic oxidation sites excluding steroid dienone is 1. The first-order valence-corrected chi connectivity index (χ1v) is 10.2. The average Bonchev–Trinajstić information content (AvgIpc) is 2.96. The molecule has 0 spiro atoms. The Kier molecular flexibility index (Phi) is 6.57. The Hall–Kier alpha value is -2.41. The van der Waals surface area contributed by atoms with Crippen LogP contribution in [0.1, 0.15) is 57.1 Å². The van der Waals surface area contributed by atoms with Gasteiger partial charge in [0.25, 0.3) is 0 Å². The number of hydrogen-bond donors (Lipinski definition) is 2. The van der Waals surface area contributed by atoms with E-state index >= 15 is 0 Å². The molecule has 1 heterocycles. The monoisotopic (exact) mass is 422 g/mol. The molecule has 8 heteroatoms. The zero-order valence-electron chi connectivity index (χ0n) is 17.0. The van der Waals surface area contributed by atoms with Gasteiger partial charge >= 0.3 is 12.0 Å². The number of nitrogens with zero attached hydrogens (tertiary/aromatic N) is 1. The first-order valence-electron chi connectivity index (χ1n) is 9.85. The number of carbonyl (C=O) groups is 2. The molecule has 0 saturated heterocycles. The third-order valence-electron chi connectivity index (χ3n) is 5.65. The summed E-state index contributed by atoms with van der Waals surface area (Å²) < 4.78 is 11.0. The van der Waals surface area contributed by atoms with Gasteiger partial charge in [-0.2, -0.15) is 0 Å². The second-order valence-corrected chi connectivity index (χ2v) is 7.92. The van der Waals surface area contributed by atoms with E-state index in [4.69, 9.17) is 21.1 Å². The lowest BCUT2D eigenvalue weighted by Gasteiger charge is -2.34. The van der Waals surface area contributed by atoms with Gasteiger partial charge in [-0.3, -0.25) is 0 Å². The molecular weight excluding hydrogens is 396 g/mol. The molecule has 1 fully saturated rings. The average molecular weight is 423 g/mol. The van der Waals surface area contributed by atoms with E-state index in [2.05, 4.69) is 5.32 Å². The minimum atomic E-state index is -0.760. The zero-order valence-corrected chi connectivity index (χ0v) is 17.7. The Bertz CT molecular complexity index is 831. The van der Waals surface area contributed by atoms with Crippen LogP contribution in [0.5, 0.6) is 11.5 Å². The summed E-state index contributed by atoms with van der Waals surface area (Å²) in [6.07, 6.45) is 5.98. The van der Waals surface area contributed by atoms with E-state index in [1.165, 1.54) is 18.1 Å². The molecule has 1 aliphatic heterocycles. The molecule has 0 radical (unpaired) electrons. The summed E-state index contributed by atoms with van der Waals surface area (Å²) >= 11 is 6.13. The fourth-order valence-corrected chi connectivity index (χ4v) is 4.06. The zero-order chi connectivity index (χ0) is 21.1. The number of halogens is 1. The van der Waals surface area contributed by atoms with Crippen molar-refractivity contribution in [2.24, 2.45) is 0 Å². The van der Waals surface area contributed by atoms with Crippen LogP contribution in [-0.4, -0.2) is 42.3 Å². The number of benzene rings is 1. The van der Waals surface area contributed by atoms with Crippen LogP contribution >= 0.6 is 11.6 Å². The van der Waals surface area contributed by atoms with Crippen LogP contribution < -0.4 is 10.1 Å². The number of methoxy groups -OCH3 is 1. The van der Waals surface area contributed by atoms with Crippen LogP contribution in [0, 0.1) is 0 Å². The highest BCUT2D eigenvalue weighted by atomic mass is 35.5. The number of carbonyl (C=O) groups excluding carboxylic acids is 2. The Morgan fingerprint density at radius 1 is 1.24 bits per heavy atom. The van der Waals surface area contributed by atoms with Gasteiger partial charge in [0.2, 0.25) is 0 Å². The lowest BCUT2D eigenvalue weighted by molar-refractivity contribution is -0.145. The van der Waals surface area contributed by atoms with Crippen LogP contribution in [0.25, 0.3) is 0 Å². The van der Waals surface area contributed by atoms with Crippen molar-refractivity contribution in [1.29, 1.82) is 0 Å². The van der Waals surface area contributed by atoms with Crippen molar-refractivity contribution >= 4 is 23.6 Å². The number of phenols is 1. The molecule has 0 bridgehead atoms. The number of rotatable bonds is 4. The number of amides is 2. The van der Waals surface area contributed by atoms with E-state index in [0.29, 0.717) is 16.8 Å². The third kappa shape index (κ3) is 4.45. The highest BCUT2D eigenvalue weighted by Crippen LogP contribution is 2.40. The van der Waals surface area contributed by atoms with Crippen molar-refractivity contribution in [3.8, 4) is 11.5 Å². The van der Waals surface area contributed by atoms with Crippen LogP contribution in [0.2, 0.25) is 5.02 Å². The smallest absolute Gasteiger partial charge is 0.338 e. The molecular formula is C21H27ClN2O5. The number of hydrogen-bond acceptors (Lipinski definition) is 5. The van der Waals surface area contributed by atoms with E-state index in [1.807, 2.05) is 0 Å². The van der Waals surface area contributed by atoms with E-state index in [-0.39, 0.29) is 28.7 Å². The standard InChI is InChI=1S/C21H27ClN2O5/c1-12-17(20(26)29-14-8-6-4-5-7-9-14)18(23-21(27)24(12)2)13-10-15(22)19(25)16(11-13)28-3/h10-11,14,18,25H,4-9H2,1-3H3,(H,23,27). The predicted molar refractivity (Wildman–Crippen MR) is 109 cm³/mol. The first kappa shape index (κ1) is 21.3. The Morgan fingerprint density at radius 2 is 1.90 bits per heavy atom. The molecule has 1 saturated carbocycles. The fraction of sp³-hybridized carbons (Fsp3) is 0.524. The summed E-state index contributed by atoms with van der Waals surface area (Å²) in [6, 6.07) is 1.97. The highest BCUT2D eigenvalue weighted by Gasteiger charge is 2.36. The highest BCUT2D eigenvalue weighted by molar-refractivity contribution is 6.32. The molecule has 1 aromatic rings. The van der Waals surface area contributed by atoms with Crippen molar-refractivity contribution < 1.29 is 24.2 Å². The van der Waals surface area contributed by atoms with Crippen molar-refractivity contribution in [3.63, 3.8) is 0 Å². The number of esters is 1. The van der Waals surface area contributed by atoms with E-state index < -0.39 is 12.0 Å². The molecule has 2 amide bonds. The van der Waals surface area contributed by atoms with Gasteiger partial charge in [-0.05, 0) is 50.3 Å². The normalized spacial score (nSPS) is 20.9. The molecule has 2 N–H and O–H groups in total. The maximum Gasteiger partial charge on any atom is 0.338 e. The Morgan fingerprint density at radius 3 is 2.52 bits per heavy atom. The second-order valence-electron chi connectivity index (χ2n) is 7.51. The number of ether oxygens (including phenoxy) is 2. The van der Waals surface area contributed by atoms with E-state index in [0.717, 1.165) is 38.5 Å². The van der Waals surface area contributed by atoms with Gasteiger partial charge in [-0.1, -0.05) is 24.4 Å². The first-order chi connectivity index (χ1) is 13.8. The van der Waals surface area contributed by atoms with Crippen LogP contribution in [0.4, 0.5) is 4.79 Å². The maximum absolute atomic E-state index is 13.2. The van der Waals surface area contributed by atoms with Crippen LogP contribution in [0.3, 0.4) is 0 Å². The van der Waals surface area contributed by atoms with Crippen molar-refractivity contribution in [1.82, 2.24) is 10.2 Å². The summed E-state index contributed by atoms with van der Waals surface area (Å²) in [5, 5.41) is 12.9. The van der Waals surface area contributed by atoms with E-state index in [1.54, 1.807) is 20.0 Å². The topological polar surface area (TPSA) is 88.1 Å². The SMILES string of the molecule is COc1cc(C2NC(=O)N(C)C(C)=C2C(=O)OC2CCCCCC2)cc(Cl)c1O. The lowest BCUT2D eigenvalue weighted by atomic mass is 9.94. The molecule has 158 valence electrons. The minimum absolute atomic E-state index is 0.0710. The summed E-state index contributed by atoms with van der Waals surface area (Å²) in [7, 11) is 3.01. The van der Waals surface area contributed by atoms with Crippen LogP contribution in [-0.2, 0) is 9.53 Å². The molecule has 7 nitrogen and oxygen atoms in total. The molecule has 2 aliphatic rings. The van der Waals surface area contributed by atoms with Gasteiger partial charge in [0, 0.05) is 12.7 Å².